The highest BCUT2D eigenvalue weighted by atomic mass is 16.7. The molecule has 60 valence electrons. The minimum atomic E-state index is 0.179. The van der Waals surface area contributed by atoms with E-state index in [4.69, 9.17) is 9.57 Å². The second kappa shape index (κ2) is 3.91. The molecule has 0 radical (unpaired) electrons. The van der Waals surface area contributed by atoms with Crippen molar-refractivity contribution in [1.82, 2.24) is 5.06 Å². The summed E-state index contributed by atoms with van der Waals surface area (Å²) in [4.78, 5) is 5.10. The van der Waals surface area contributed by atoms with E-state index in [1.54, 1.807) is 14.2 Å². The lowest BCUT2D eigenvalue weighted by Gasteiger charge is -2.31. The van der Waals surface area contributed by atoms with E-state index in [9.17, 15) is 0 Å². The van der Waals surface area contributed by atoms with E-state index in [-0.39, 0.29) is 6.23 Å². The molecule has 0 amide bonds. The van der Waals surface area contributed by atoms with Crippen LogP contribution in [0.2, 0.25) is 0 Å². The lowest BCUT2D eigenvalue weighted by molar-refractivity contribution is -0.241. The Morgan fingerprint density at radius 3 is 2.60 bits per heavy atom. The van der Waals surface area contributed by atoms with Crippen molar-refractivity contribution in [3.05, 3.63) is 0 Å². The SMILES string of the molecule is COC1CCCCN1OC. The third-order valence-corrected chi connectivity index (χ3v) is 1.91. The van der Waals surface area contributed by atoms with Gasteiger partial charge >= 0.3 is 0 Å². The lowest BCUT2D eigenvalue weighted by atomic mass is 10.1. The van der Waals surface area contributed by atoms with E-state index in [1.165, 1.54) is 12.8 Å². The molecule has 1 fully saturated rings. The molecule has 0 spiro atoms. The summed E-state index contributed by atoms with van der Waals surface area (Å²) in [6.45, 7) is 0.995. The Bertz CT molecular complexity index is 85.6. The monoisotopic (exact) mass is 145 g/mol. The van der Waals surface area contributed by atoms with Crippen LogP contribution in [-0.2, 0) is 9.57 Å². The second-order valence-electron chi connectivity index (χ2n) is 2.51. The van der Waals surface area contributed by atoms with Gasteiger partial charge in [0.25, 0.3) is 0 Å². The maximum Gasteiger partial charge on any atom is 0.132 e. The molecule has 0 aliphatic carbocycles. The van der Waals surface area contributed by atoms with E-state index in [0.29, 0.717) is 0 Å². The van der Waals surface area contributed by atoms with Gasteiger partial charge in [-0.05, 0) is 19.3 Å². The molecule has 1 aliphatic heterocycles. The van der Waals surface area contributed by atoms with E-state index in [1.807, 2.05) is 5.06 Å². The van der Waals surface area contributed by atoms with Crippen molar-refractivity contribution >= 4 is 0 Å². The highest BCUT2D eigenvalue weighted by Gasteiger charge is 2.20. The number of nitrogens with zero attached hydrogens (tertiary/aromatic N) is 1. The molecular weight excluding hydrogens is 130 g/mol. The first-order valence-corrected chi connectivity index (χ1v) is 3.72. The molecule has 0 aromatic heterocycles. The smallest absolute Gasteiger partial charge is 0.132 e. The summed E-state index contributed by atoms with van der Waals surface area (Å²) in [5, 5.41) is 1.89. The Kier molecular flexibility index (Phi) is 3.12. The topological polar surface area (TPSA) is 21.7 Å². The minimum absolute atomic E-state index is 0.179. The van der Waals surface area contributed by atoms with Crippen LogP contribution in [-0.4, -0.2) is 32.1 Å². The number of hydrogen-bond donors (Lipinski definition) is 0. The fourth-order valence-corrected chi connectivity index (χ4v) is 1.32. The first kappa shape index (κ1) is 7.98. The van der Waals surface area contributed by atoms with Crippen LogP contribution in [0.1, 0.15) is 19.3 Å². The molecule has 10 heavy (non-hydrogen) atoms. The number of piperidine rings is 1. The summed E-state index contributed by atoms with van der Waals surface area (Å²) in [5.41, 5.74) is 0. The van der Waals surface area contributed by atoms with Gasteiger partial charge in [0, 0.05) is 13.7 Å². The van der Waals surface area contributed by atoms with E-state index < -0.39 is 0 Å². The predicted molar refractivity (Wildman–Crippen MR) is 38.4 cm³/mol. The summed E-state index contributed by atoms with van der Waals surface area (Å²) in [6, 6.07) is 0. The van der Waals surface area contributed by atoms with Crippen molar-refractivity contribution in [1.29, 1.82) is 0 Å². The van der Waals surface area contributed by atoms with Gasteiger partial charge in [-0.3, -0.25) is 4.84 Å². The molecule has 0 bridgehead atoms. The van der Waals surface area contributed by atoms with Gasteiger partial charge in [-0.2, -0.15) is 5.06 Å². The maximum atomic E-state index is 5.20. The van der Waals surface area contributed by atoms with Gasteiger partial charge in [-0.1, -0.05) is 0 Å². The fourth-order valence-electron chi connectivity index (χ4n) is 1.32. The van der Waals surface area contributed by atoms with Crippen molar-refractivity contribution < 1.29 is 9.57 Å². The highest BCUT2D eigenvalue weighted by molar-refractivity contribution is 4.62. The average Bonchev–Trinajstić information content (AvgIpc) is 2.04. The summed E-state index contributed by atoms with van der Waals surface area (Å²) in [7, 11) is 3.42. The Hall–Kier alpha value is -0.120. The average molecular weight is 145 g/mol. The van der Waals surface area contributed by atoms with Gasteiger partial charge in [-0.15, -0.1) is 0 Å². The molecule has 1 unspecified atom stereocenters. The van der Waals surface area contributed by atoms with Crippen LogP contribution in [0.3, 0.4) is 0 Å². The molecular formula is C7H15NO2. The van der Waals surface area contributed by atoms with Gasteiger partial charge in [0.15, 0.2) is 0 Å². The largest absolute Gasteiger partial charge is 0.364 e. The van der Waals surface area contributed by atoms with Crippen LogP contribution in [0.15, 0.2) is 0 Å². The van der Waals surface area contributed by atoms with Crippen molar-refractivity contribution in [3.8, 4) is 0 Å². The van der Waals surface area contributed by atoms with Gasteiger partial charge in [0.2, 0.25) is 0 Å². The number of rotatable bonds is 2. The molecule has 0 aromatic carbocycles. The van der Waals surface area contributed by atoms with Gasteiger partial charge < -0.3 is 4.74 Å². The Balaban J connectivity index is 2.34. The number of hydroxylamine groups is 2. The first-order chi connectivity index (χ1) is 4.88. The van der Waals surface area contributed by atoms with Crippen LogP contribution in [0.5, 0.6) is 0 Å². The minimum Gasteiger partial charge on any atom is -0.364 e. The summed E-state index contributed by atoms with van der Waals surface area (Å²) >= 11 is 0. The zero-order valence-electron chi connectivity index (χ0n) is 6.67. The Labute approximate surface area is 61.9 Å². The molecule has 1 atom stereocenters. The molecule has 1 heterocycles. The van der Waals surface area contributed by atoms with Crippen LogP contribution in [0.4, 0.5) is 0 Å². The fraction of sp³-hybridized carbons (Fsp3) is 1.00. The Morgan fingerprint density at radius 1 is 1.30 bits per heavy atom. The van der Waals surface area contributed by atoms with E-state index in [2.05, 4.69) is 0 Å². The van der Waals surface area contributed by atoms with Gasteiger partial charge in [-0.25, -0.2) is 0 Å². The molecule has 1 rings (SSSR count). The summed E-state index contributed by atoms with van der Waals surface area (Å²) in [5.74, 6) is 0. The molecule has 0 saturated carbocycles. The van der Waals surface area contributed by atoms with Crippen molar-refractivity contribution in [2.75, 3.05) is 20.8 Å². The second-order valence-corrected chi connectivity index (χ2v) is 2.51. The molecule has 1 aliphatic rings. The molecule has 1 saturated heterocycles. The third kappa shape index (κ3) is 1.68. The molecule has 0 aromatic rings. The normalized spacial score (nSPS) is 28.8. The molecule has 3 nitrogen and oxygen atoms in total. The standard InChI is InChI=1S/C7H15NO2/c1-9-7-5-3-4-6-8(7)10-2/h7H,3-6H2,1-2H3. The van der Waals surface area contributed by atoms with E-state index in [0.717, 1.165) is 13.0 Å². The summed E-state index contributed by atoms with van der Waals surface area (Å²) < 4.78 is 5.20. The zero-order chi connectivity index (χ0) is 7.40. The van der Waals surface area contributed by atoms with Crippen LogP contribution in [0.25, 0.3) is 0 Å². The zero-order valence-corrected chi connectivity index (χ0v) is 6.67. The lowest BCUT2D eigenvalue weighted by Crippen LogP contribution is -2.39. The predicted octanol–water partition coefficient (Wildman–Crippen LogP) is 1.01. The van der Waals surface area contributed by atoms with Gasteiger partial charge in [0.05, 0.1) is 7.11 Å². The highest BCUT2D eigenvalue weighted by Crippen LogP contribution is 2.16. The van der Waals surface area contributed by atoms with Crippen molar-refractivity contribution in [3.63, 3.8) is 0 Å². The number of ether oxygens (including phenoxy) is 1. The number of methoxy groups -OCH3 is 1. The quantitative estimate of drug-likeness (QED) is 0.578. The summed E-state index contributed by atoms with van der Waals surface area (Å²) in [6.07, 6.45) is 3.73. The maximum absolute atomic E-state index is 5.20. The van der Waals surface area contributed by atoms with Crippen molar-refractivity contribution in [2.24, 2.45) is 0 Å². The Morgan fingerprint density at radius 2 is 2.10 bits per heavy atom. The molecule has 0 N–H and O–H groups in total. The van der Waals surface area contributed by atoms with Crippen LogP contribution < -0.4 is 0 Å². The number of hydrogen-bond acceptors (Lipinski definition) is 3. The third-order valence-electron chi connectivity index (χ3n) is 1.91. The van der Waals surface area contributed by atoms with Crippen molar-refractivity contribution in [2.45, 2.75) is 25.5 Å². The first-order valence-electron chi connectivity index (χ1n) is 3.72. The van der Waals surface area contributed by atoms with E-state index >= 15 is 0 Å². The van der Waals surface area contributed by atoms with Gasteiger partial charge in [0.1, 0.15) is 6.23 Å². The molecule has 3 heteroatoms. The van der Waals surface area contributed by atoms with Crippen LogP contribution in [0, 0.1) is 0 Å². The van der Waals surface area contributed by atoms with Crippen LogP contribution >= 0.6 is 0 Å².